The topological polar surface area (TPSA) is 50.7 Å². The fourth-order valence-corrected chi connectivity index (χ4v) is 2.87. The van der Waals surface area contributed by atoms with E-state index in [2.05, 4.69) is 5.32 Å². The molecule has 2 rings (SSSR count). The van der Waals surface area contributed by atoms with Gasteiger partial charge in [0.05, 0.1) is 18.8 Å². The lowest BCUT2D eigenvalue weighted by molar-refractivity contribution is 0.0474. The molecular formula is C17H27NO3. The molecule has 0 atom stereocenters. The zero-order valence-corrected chi connectivity index (χ0v) is 13.3. The number of aliphatic hydroxyl groups is 1. The average Bonchev–Trinajstić information content (AvgIpc) is 2.87. The van der Waals surface area contributed by atoms with Crippen LogP contribution < -0.4 is 14.8 Å². The molecule has 0 aliphatic heterocycles. The van der Waals surface area contributed by atoms with E-state index in [0.29, 0.717) is 13.1 Å². The summed E-state index contributed by atoms with van der Waals surface area (Å²) in [6, 6.07) is 5.91. The summed E-state index contributed by atoms with van der Waals surface area (Å²) in [6.07, 6.45) is 4.14. The molecule has 1 aliphatic carbocycles. The van der Waals surface area contributed by atoms with E-state index in [-0.39, 0.29) is 6.10 Å². The SMILES string of the molecule is COc1cccc(CNCC2(O)CCCC2)c1OC(C)C. The van der Waals surface area contributed by atoms with E-state index < -0.39 is 5.60 Å². The molecule has 1 fully saturated rings. The van der Waals surface area contributed by atoms with Crippen LogP contribution in [0.25, 0.3) is 0 Å². The van der Waals surface area contributed by atoms with Crippen molar-refractivity contribution >= 4 is 0 Å². The van der Waals surface area contributed by atoms with E-state index in [9.17, 15) is 5.11 Å². The van der Waals surface area contributed by atoms with Gasteiger partial charge in [-0.3, -0.25) is 0 Å². The Labute approximate surface area is 127 Å². The standard InChI is InChI=1S/C17H27NO3/c1-13(2)21-16-14(7-6-8-15(16)20-3)11-18-12-17(19)9-4-5-10-17/h6-8,13,18-19H,4-5,9-12H2,1-3H3. The van der Waals surface area contributed by atoms with Gasteiger partial charge in [0.15, 0.2) is 11.5 Å². The molecule has 0 radical (unpaired) electrons. The van der Waals surface area contributed by atoms with Crippen molar-refractivity contribution in [3.05, 3.63) is 23.8 Å². The predicted octanol–water partition coefficient (Wildman–Crippen LogP) is 2.88. The van der Waals surface area contributed by atoms with Crippen LogP contribution in [-0.2, 0) is 6.54 Å². The molecule has 1 aromatic carbocycles. The van der Waals surface area contributed by atoms with Gasteiger partial charge in [-0.1, -0.05) is 25.0 Å². The second-order valence-electron chi connectivity index (χ2n) is 6.15. The van der Waals surface area contributed by atoms with Crippen LogP contribution >= 0.6 is 0 Å². The van der Waals surface area contributed by atoms with Gasteiger partial charge >= 0.3 is 0 Å². The van der Waals surface area contributed by atoms with Crippen molar-refractivity contribution < 1.29 is 14.6 Å². The molecule has 4 nitrogen and oxygen atoms in total. The van der Waals surface area contributed by atoms with Crippen LogP contribution in [0.15, 0.2) is 18.2 Å². The third kappa shape index (κ3) is 4.35. The Kier molecular flexibility index (Phi) is 5.48. The molecule has 118 valence electrons. The Morgan fingerprint density at radius 3 is 2.62 bits per heavy atom. The Morgan fingerprint density at radius 2 is 2.00 bits per heavy atom. The van der Waals surface area contributed by atoms with Gasteiger partial charge in [-0.15, -0.1) is 0 Å². The highest BCUT2D eigenvalue weighted by molar-refractivity contribution is 5.46. The summed E-state index contributed by atoms with van der Waals surface area (Å²) in [5.74, 6) is 1.54. The molecule has 0 bridgehead atoms. The van der Waals surface area contributed by atoms with Gasteiger partial charge in [0.2, 0.25) is 0 Å². The fraction of sp³-hybridized carbons (Fsp3) is 0.647. The van der Waals surface area contributed by atoms with Crippen molar-refractivity contribution in [1.29, 1.82) is 0 Å². The first-order valence-corrected chi connectivity index (χ1v) is 7.80. The zero-order valence-electron chi connectivity index (χ0n) is 13.3. The fourth-order valence-electron chi connectivity index (χ4n) is 2.87. The largest absolute Gasteiger partial charge is 0.493 e. The molecular weight excluding hydrogens is 266 g/mol. The van der Waals surface area contributed by atoms with Crippen LogP contribution in [0.2, 0.25) is 0 Å². The molecule has 0 spiro atoms. The van der Waals surface area contributed by atoms with E-state index in [4.69, 9.17) is 9.47 Å². The van der Waals surface area contributed by atoms with Gasteiger partial charge in [-0.2, -0.15) is 0 Å². The number of nitrogens with one attached hydrogen (secondary N) is 1. The molecule has 0 saturated heterocycles. The van der Waals surface area contributed by atoms with Gasteiger partial charge in [0.25, 0.3) is 0 Å². The summed E-state index contributed by atoms with van der Waals surface area (Å²) < 4.78 is 11.3. The lowest BCUT2D eigenvalue weighted by Crippen LogP contribution is -2.37. The van der Waals surface area contributed by atoms with E-state index in [1.807, 2.05) is 32.0 Å². The van der Waals surface area contributed by atoms with Crippen LogP contribution in [0.3, 0.4) is 0 Å². The minimum absolute atomic E-state index is 0.0964. The third-order valence-corrected chi connectivity index (χ3v) is 3.94. The maximum absolute atomic E-state index is 10.4. The number of ether oxygens (including phenoxy) is 2. The number of rotatable bonds is 7. The molecule has 0 amide bonds. The first kappa shape index (κ1) is 16.1. The second kappa shape index (κ2) is 7.14. The summed E-state index contributed by atoms with van der Waals surface area (Å²) in [5, 5.41) is 13.7. The molecule has 2 N–H and O–H groups in total. The molecule has 21 heavy (non-hydrogen) atoms. The Hall–Kier alpha value is -1.26. The molecule has 0 aromatic heterocycles. The van der Waals surface area contributed by atoms with Gasteiger partial charge in [0, 0.05) is 18.7 Å². The molecule has 0 heterocycles. The Bertz CT molecular complexity index is 453. The summed E-state index contributed by atoms with van der Waals surface area (Å²) in [4.78, 5) is 0. The number of para-hydroxylation sites is 1. The highest BCUT2D eigenvalue weighted by Gasteiger charge is 2.30. The van der Waals surface area contributed by atoms with Gasteiger partial charge in [0.1, 0.15) is 0 Å². The minimum Gasteiger partial charge on any atom is -0.493 e. The highest BCUT2D eigenvalue weighted by atomic mass is 16.5. The first-order valence-electron chi connectivity index (χ1n) is 7.80. The van der Waals surface area contributed by atoms with Crippen molar-refractivity contribution in [2.24, 2.45) is 0 Å². The number of benzene rings is 1. The van der Waals surface area contributed by atoms with Crippen molar-refractivity contribution in [2.75, 3.05) is 13.7 Å². The third-order valence-electron chi connectivity index (χ3n) is 3.94. The highest BCUT2D eigenvalue weighted by Crippen LogP contribution is 2.32. The number of hydrogen-bond donors (Lipinski definition) is 2. The maximum atomic E-state index is 10.4. The second-order valence-corrected chi connectivity index (χ2v) is 6.15. The minimum atomic E-state index is -0.530. The van der Waals surface area contributed by atoms with Crippen LogP contribution in [0.5, 0.6) is 11.5 Å². The predicted molar refractivity (Wildman–Crippen MR) is 83.9 cm³/mol. The van der Waals surface area contributed by atoms with Crippen molar-refractivity contribution in [3.8, 4) is 11.5 Å². The number of hydrogen-bond acceptors (Lipinski definition) is 4. The zero-order chi connectivity index (χ0) is 15.3. The number of methoxy groups -OCH3 is 1. The smallest absolute Gasteiger partial charge is 0.166 e. The quantitative estimate of drug-likeness (QED) is 0.811. The summed E-state index contributed by atoms with van der Waals surface area (Å²) >= 11 is 0. The maximum Gasteiger partial charge on any atom is 0.166 e. The van der Waals surface area contributed by atoms with Gasteiger partial charge in [-0.25, -0.2) is 0 Å². The summed E-state index contributed by atoms with van der Waals surface area (Å²) in [7, 11) is 1.65. The lowest BCUT2D eigenvalue weighted by Gasteiger charge is -2.23. The normalized spacial score (nSPS) is 17.2. The van der Waals surface area contributed by atoms with E-state index >= 15 is 0 Å². The van der Waals surface area contributed by atoms with Crippen LogP contribution in [0, 0.1) is 0 Å². The Morgan fingerprint density at radius 1 is 1.29 bits per heavy atom. The Balaban J connectivity index is 2.01. The van der Waals surface area contributed by atoms with E-state index in [0.717, 1.165) is 42.7 Å². The van der Waals surface area contributed by atoms with Gasteiger partial charge in [-0.05, 0) is 32.8 Å². The van der Waals surface area contributed by atoms with Crippen LogP contribution in [0.4, 0.5) is 0 Å². The monoisotopic (exact) mass is 293 g/mol. The van der Waals surface area contributed by atoms with E-state index in [1.165, 1.54) is 0 Å². The van der Waals surface area contributed by atoms with Crippen LogP contribution in [0.1, 0.15) is 45.1 Å². The molecule has 4 heteroatoms. The summed E-state index contributed by atoms with van der Waals surface area (Å²) in [5.41, 5.74) is 0.530. The molecule has 0 unspecified atom stereocenters. The summed E-state index contributed by atoms with van der Waals surface area (Å²) in [6.45, 7) is 5.31. The molecule has 1 aromatic rings. The van der Waals surface area contributed by atoms with Crippen molar-refractivity contribution in [1.82, 2.24) is 5.32 Å². The molecule has 1 aliphatic rings. The van der Waals surface area contributed by atoms with Crippen molar-refractivity contribution in [3.63, 3.8) is 0 Å². The van der Waals surface area contributed by atoms with E-state index in [1.54, 1.807) is 7.11 Å². The van der Waals surface area contributed by atoms with Crippen molar-refractivity contribution in [2.45, 2.75) is 57.8 Å². The first-order chi connectivity index (χ1) is 10.0. The lowest BCUT2D eigenvalue weighted by atomic mass is 10.0. The average molecular weight is 293 g/mol. The molecule has 1 saturated carbocycles. The van der Waals surface area contributed by atoms with Gasteiger partial charge < -0.3 is 19.9 Å². The van der Waals surface area contributed by atoms with Crippen LogP contribution in [-0.4, -0.2) is 30.5 Å².